The fraction of sp³-hybridized carbons (Fsp3) is 0.650. The lowest BCUT2D eigenvalue weighted by molar-refractivity contribution is -0.130. The van der Waals surface area contributed by atoms with E-state index >= 15 is 0 Å². The van der Waals surface area contributed by atoms with Gasteiger partial charge in [0.1, 0.15) is 0 Å². The first kappa shape index (κ1) is 19.3. The van der Waals surface area contributed by atoms with E-state index in [9.17, 15) is 4.79 Å². The van der Waals surface area contributed by atoms with E-state index in [1.807, 2.05) is 6.07 Å². The van der Waals surface area contributed by atoms with Crippen LogP contribution in [0.5, 0.6) is 0 Å². The van der Waals surface area contributed by atoms with Gasteiger partial charge in [-0.15, -0.1) is 12.4 Å². The highest BCUT2D eigenvalue weighted by atomic mass is 35.5. The summed E-state index contributed by atoms with van der Waals surface area (Å²) in [4.78, 5) is 14.7. The summed E-state index contributed by atoms with van der Waals surface area (Å²) in [5.41, 5.74) is 7.30. The smallest absolute Gasteiger partial charge is 0.222 e. The summed E-state index contributed by atoms with van der Waals surface area (Å²) in [6, 6.07) is 10.5. The minimum atomic E-state index is 0. The SMILES string of the molecule is Cl.NC[C@@H]1CN(C(=O)CCC2CCCCC2)C[C@H]1c1ccccc1. The number of halogens is 1. The van der Waals surface area contributed by atoms with Gasteiger partial charge in [-0.1, -0.05) is 62.4 Å². The molecule has 0 bridgehead atoms. The molecule has 3 rings (SSSR count). The first-order valence-electron chi connectivity index (χ1n) is 9.30. The number of likely N-dealkylation sites (tertiary alicyclic amines) is 1. The number of rotatable bonds is 5. The molecule has 1 aromatic rings. The first-order valence-corrected chi connectivity index (χ1v) is 9.30. The van der Waals surface area contributed by atoms with E-state index in [-0.39, 0.29) is 12.4 Å². The van der Waals surface area contributed by atoms with Crippen LogP contribution in [0.15, 0.2) is 30.3 Å². The molecule has 2 N–H and O–H groups in total. The van der Waals surface area contributed by atoms with Crippen LogP contribution in [0.2, 0.25) is 0 Å². The maximum atomic E-state index is 12.6. The Bertz CT molecular complexity index is 502. The number of amides is 1. The van der Waals surface area contributed by atoms with E-state index in [0.717, 1.165) is 31.8 Å². The Hall–Kier alpha value is -1.06. The second kappa shape index (κ2) is 9.43. The largest absolute Gasteiger partial charge is 0.342 e. The molecular weight excluding hydrogens is 320 g/mol. The Balaban J connectivity index is 0.00000208. The highest BCUT2D eigenvalue weighted by Crippen LogP contribution is 2.33. The first-order chi connectivity index (χ1) is 11.3. The lowest BCUT2D eigenvalue weighted by atomic mass is 9.86. The number of benzene rings is 1. The van der Waals surface area contributed by atoms with Crippen molar-refractivity contribution in [2.75, 3.05) is 19.6 Å². The van der Waals surface area contributed by atoms with Gasteiger partial charge in [0, 0.05) is 25.4 Å². The summed E-state index contributed by atoms with van der Waals surface area (Å²) in [5.74, 6) is 1.92. The second-order valence-corrected chi connectivity index (χ2v) is 7.35. The summed E-state index contributed by atoms with van der Waals surface area (Å²) in [6.45, 7) is 2.33. The van der Waals surface area contributed by atoms with Crippen LogP contribution in [-0.2, 0) is 4.79 Å². The Morgan fingerprint density at radius 2 is 1.79 bits per heavy atom. The van der Waals surface area contributed by atoms with Gasteiger partial charge >= 0.3 is 0 Å². The molecule has 0 unspecified atom stereocenters. The van der Waals surface area contributed by atoms with Crippen LogP contribution in [0.4, 0.5) is 0 Å². The van der Waals surface area contributed by atoms with Crippen molar-refractivity contribution in [1.82, 2.24) is 4.90 Å². The maximum Gasteiger partial charge on any atom is 0.222 e. The molecule has 134 valence electrons. The predicted molar refractivity (Wildman–Crippen MR) is 101 cm³/mol. The number of hydrogen-bond donors (Lipinski definition) is 1. The third kappa shape index (κ3) is 4.73. The molecule has 2 atom stereocenters. The van der Waals surface area contributed by atoms with Crippen molar-refractivity contribution in [1.29, 1.82) is 0 Å². The molecule has 0 spiro atoms. The topological polar surface area (TPSA) is 46.3 Å². The van der Waals surface area contributed by atoms with Crippen LogP contribution in [0.1, 0.15) is 56.4 Å². The van der Waals surface area contributed by atoms with Crippen molar-refractivity contribution >= 4 is 18.3 Å². The molecule has 1 amide bonds. The molecule has 1 saturated heterocycles. The van der Waals surface area contributed by atoms with Gasteiger partial charge in [0.25, 0.3) is 0 Å². The Morgan fingerprint density at radius 1 is 1.08 bits per heavy atom. The van der Waals surface area contributed by atoms with E-state index in [2.05, 4.69) is 29.2 Å². The molecule has 1 aliphatic heterocycles. The van der Waals surface area contributed by atoms with Crippen molar-refractivity contribution in [2.24, 2.45) is 17.6 Å². The standard InChI is InChI=1S/C20H30N2O.ClH/c21-13-18-14-22(15-19(18)17-9-5-2-6-10-17)20(23)12-11-16-7-3-1-4-8-16;/h2,5-6,9-10,16,18-19H,1,3-4,7-8,11-15,21H2;1H/t18-,19+;/m1./s1. The van der Waals surface area contributed by atoms with E-state index in [1.54, 1.807) is 0 Å². The molecule has 1 saturated carbocycles. The number of nitrogens with two attached hydrogens (primary N) is 1. The van der Waals surface area contributed by atoms with Gasteiger partial charge < -0.3 is 10.6 Å². The maximum absolute atomic E-state index is 12.6. The minimum Gasteiger partial charge on any atom is -0.342 e. The second-order valence-electron chi connectivity index (χ2n) is 7.35. The zero-order valence-electron chi connectivity index (χ0n) is 14.5. The lowest BCUT2D eigenvalue weighted by Gasteiger charge is -2.23. The fourth-order valence-corrected chi connectivity index (χ4v) is 4.35. The monoisotopic (exact) mass is 350 g/mol. The van der Waals surface area contributed by atoms with Crippen molar-refractivity contribution in [3.05, 3.63) is 35.9 Å². The molecule has 3 nitrogen and oxygen atoms in total. The summed E-state index contributed by atoms with van der Waals surface area (Å²) >= 11 is 0. The zero-order chi connectivity index (χ0) is 16.1. The van der Waals surface area contributed by atoms with Crippen molar-refractivity contribution in [2.45, 2.75) is 50.9 Å². The average molecular weight is 351 g/mol. The van der Waals surface area contributed by atoms with E-state index in [4.69, 9.17) is 5.73 Å². The van der Waals surface area contributed by atoms with Crippen LogP contribution in [0.3, 0.4) is 0 Å². The van der Waals surface area contributed by atoms with E-state index in [0.29, 0.717) is 24.3 Å². The quantitative estimate of drug-likeness (QED) is 0.873. The number of carbonyl (C=O) groups is 1. The third-order valence-electron chi connectivity index (χ3n) is 5.82. The number of carbonyl (C=O) groups excluding carboxylic acids is 1. The van der Waals surface area contributed by atoms with Gasteiger partial charge in [-0.3, -0.25) is 4.79 Å². The molecule has 2 aliphatic rings. The number of nitrogens with zero attached hydrogens (tertiary/aromatic N) is 1. The lowest BCUT2D eigenvalue weighted by Crippen LogP contribution is -2.30. The van der Waals surface area contributed by atoms with Gasteiger partial charge in [0.05, 0.1) is 0 Å². The Morgan fingerprint density at radius 3 is 2.46 bits per heavy atom. The van der Waals surface area contributed by atoms with Crippen LogP contribution < -0.4 is 5.73 Å². The number of hydrogen-bond acceptors (Lipinski definition) is 2. The van der Waals surface area contributed by atoms with Gasteiger partial charge in [-0.2, -0.15) is 0 Å². The molecule has 4 heteroatoms. The Labute approximate surface area is 152 Å². The van der Waals surface area contributed by atoms with Crippen LogP contribution in [0, 0.1) is 11.8 Å². The molecule has 2 fully saturated rings. The summed E-state index contributed by atoms with van der Waals surface area (Å²) in [5, 5.41) is 0. The molecule has 0 aromatic heterocycles. The highest BCUT2D eigenvalue weighted by Gasteiger charge is 2.35. The molecule has 0 radical (unpaired) electrons. The summed E-state index contributed by atoms with van der Waals surface area (Å²) < 4.78 is 0. The molecule has 1 heterocycles. The normalized spacial score (nSPS) is 24.6. The average Bonchev–Trinajstić information content (AvgIpc) is 3.06. The minimum absolute atomic E-state index is 0. The van der Waals surface area contributed by atoms with Crippen molar-refractivity contribution < 1.29 is 4.79 Å². The van der Waals surface area contributed by atoms with Crippen LogP contribution in [-0.4, -0.2) is 30.4 Å². The van der Waals surface area contributed by atoms with E-state index < -0.39 is 0 Å². The summed E-state index contributed by atoms with van der Waals surface area (Å²) in [6.07, 6.45) is 8.55. The molecule has 1 aromatic carbocycles. The van der Waals surface area contributed by atoms with Crippen molar-refractivity contribution in [3.63, 3.8) is 0 Å². The van der Waals surface area contributed by atoms with Gasteiger partial charge in [0.15, 0.2) is 0 Å². The van der Waals surface area contributed by atoms with Crippen LogP contribution >= 0.6 is 12.4 Å². The van der Waals surface area contributed by atoms with Gasteiger partial charge in [-0.25, -0.2) is 0 Å². The Kier molecular flexibility index (Phi) is 7.57. The van der Waals surface area contributed by atoms with Crippen LogP contribution in [0.25, 0.3) is 0 Å². The predicted octanol–water partition coefficient (Wildman–Crippen LogP) is 3.97. The fourth-order valence-electron chi connectivity index (χ4n) is 4.35. The molecule has 1 aliphatic carbocycles. The highest BCUT2D eigenvalue weighted by molar-refractivity contribution is 5.85. The zero-order valence-corrected chi connectivity index (χ0v) is 15.3. The third-order valence-corrected chi connectivity index (χ3v) is 5.82. The van der Waals surface area contributed by atoms with Gasteiger partial charge in [-0.05, 0) is 30.4 Å². The molecular formula is C20H31ClN2O. The van der Waals surface area contributed by atoms with Crippen molar-refractivity contribution in [3.8, 4) is 0 Å². The van der Waals surface area contributed by atoms with E-state index in [1.165, 1.54) is 37.7 Å². The van der Waals surface area contributed by atoms with Gasteiger partial charge in [0.2, 0.25) is 5.91 Å². The summed E-state index contributed by atoms with van der Waals surface area (Å²) in [7, 11) is 0. The molecule has 24 heavy (non-hydrogen) atoms.